The molecule has 24 heavy (non-hydrogen) atoms. The molecule has 0 bridgehead atoms. The molecule has 0 spiro atoms. The van der Waals surface area contributed by atoms with Gasteiger partial charge in [-0.05, 0) is 64.5 Å². The van der Waals surface area contributed by atoms with Crippen LogP contribution in [0.25, 0.3) is 11.0 Å². The molecule has 0 saturated heterocycles. The van der Waals surface area contributed by atoms with Crippen molar-refractivity contribution in [3.8, 4) is 11.5 Å². The summed E-state index contributed by atoms with van der Waals surface area (Å²) in [6.07, 6.45) is 2.59. The molecule has 1 aromatic heterocycles. The van der Waals surface area contributed by atoms with Crippen LogP contribution in [0, 0.1) is 5.92 Å². The van der Waals surface area contributed by atoms with Crippen LogP contribution in [0.4, 0.5) is 0 Å². The molecule has 1 fully saturated rings. The second kappa shape index (κ2) is 6.43. The van der Waals surface area contributed by atoms with E-state index in [1.165, 1.54) is 12.8 Å². The zero-order valence-electron chi connectivity index (χ0n) is 13.4. The van der Waals surface area contributed by atoms with Crippen LogP contribution in [0.1, 0.15) is 18.4 Å². The Labute approximate surface area is 148 Å². The second-order valence-corrected chi connectivity index (χ2v) is 6.89. The van der Waals surface area contributed by atoms with Crippen molar-refractivity contribution in [1.82, 2.24) is 15.0 Å². The smallest absolute Gasteiger partial charge is 0.136 e. The van der Waals surface area contributed by atoms with Crippen molar-refractivity contribution in [2.45, 2.75) is 26.0 Å². The molecular formula is C18H18BrN3O2. The van der Waals surface area contributed by atoms with Crippen LogP contribution in [-0.4, -0.2) is 22.1 Å². The number of nitrogens with zero attached hydrogens (tertiary/aromatic N) is 3. The largest absolute Gasteiger partial charge is 0.497 e. The first kappa shape index (κ1) is 15.4. The lowest BCUT2D eigenvalue weighted by Crippen LogP contribution is -2.01. The quantitative estimate of drug-likeness (QED) is 0.636. The van der Waals surface area contributed by atoms with Crippen molar-refractivity contribution < 1.29 is 9.47 Å². The fraction of sp³-hybridized carbons (Fsp3) is 0.333. The highest BCUT2D eigenvalue weighted by Gasteiger charge is 2.23. The molecule has 2 aromatic carbocycles. The van der Waals surface area contributed by atoms with Gasteiger partial charge >= 0.3 is 0 Å². The molecule has 0 unspecified atom stereocenters. The molecule has 4 rings (SSSR count). The Bertz CT molecular complexity index is 874. The monoisotopic (exact) mass is 387 g/mol. The van der Waals surface area contributed by atoms with Crippen LogP contribution in [0.15, 0.2) is 40.9 Å². The number of halogens is 1. The molecule has 1 heterocycles. The predicted octanol–water partition coefficient (Wildman–Crippen LogP) is 4.19. The maximum absolute atomic E-state index is 5.95. The van der Waals surface area contributed by atoms with Crippen molar-refractivity contribution in [3.63, 3.8) is 0 Å². The molecule has 124 valence electrons. The maximum Gasteiger partial charge on any atom is 0.136 e. The van der Waals surface area contributed by atoms with E-state index in [0.717, 1.165) is 45.0 Å². The van der Waals surface area contributed by atoms with Gasteiger partial charge in [0.2, 0.25) is 0 Å². The number of aromatic nitrogens is 3. The lowest BCUT2D eigenvalue weighted by Gasteiger charge is -2.10. The minimum Gasteiger partial charge on any atom is -0.497 e. The van der Waals surface area contributed by atoms with Crippen LogP contribution >= 0.6 is 15.9 Å². The van der Waals surface area contributed by atoms with E-state index in [0.29, 0.717) is 6.61 Å². The molecule has 0 atom stereocenters. The molecule has 1 saturated carbocycles. The van der Waals surface area contributed by atoms with Gasteiger partial charge in [-0.3, -0.25) is 0 Å². The van der Waals surface area contributed by atoms with E-state index in [-0.39, 0.29) is 0 Å². The fourth-order valence-electron chi connectivity index (χ4n) is 2.70. The van der Waals surface area contributed by atoms with E-state index >= 15 is 0 Å². The summed E-state index contributed by atoms with van der Waals surface area (Å²) in [5.41, 5.74) is 2.94. The maximum atomic E-state index is 5.95. The summed E-state index contributed by atoms with van der Waals surface area (Å²) in [6.45, 7) is 1.42. The van der Waals surface area contributed by atoms with Crippen molar-refractivity contribution >= 4 is 27.0 Å². The van der Waals surface area contributed by atoms with Gasteiger partial charge in [0.15, 0.2) is 0 Å². The summed E-state index contributed by atoms with van der Waals surface area (Å²) >= 11 is 3.61. The fourth-order valence-corrected chi connectivity index (χ4v) is 3.23. The van der Waals surface area contributed by atoms with Gasteiger partial charge in [-0.15, -0.1) is 5.10 Å². The van der Waals surface area contributed by atoms with Crippen molar-refractivity contribution in [2.24, 2.45) is 5.92 Å². The Morgan fingerprint density at radius 3 is 2.92 bits per heavy atom. The van der Waals surface area contributed by atoms with E-state index in [2.05, 4.69) is 26.2 Å². The lowest BCUT2D eigenvalue weighted by atomic mass is 10.2. The van der Waals surface area contributed by atoms with Gasteiger partial charge in [0.25, 0.3) is 0 Å². The number of benzene rings is 2. The zero-order chi connectivity index (χ0) is 16.5. The van der Waals surface area contributed by atoms with Crippen LogP contribution < -0.4 is 9.47 Å². The number of methoxy groups -OCH3 is 1. The minimum absolute atomic E-state index is 0.470. The summed E-state index contributed by atoms with van der Waals surface area (Å²) in [5, 5.41) is 8.59. The number of hydrogen-bond acceptors (Lipinski definition) is 4. The Morgan fingerprint density at radius 1 is 1.25 bits per heavy atom. The molecule has 0 aliphatic heterocycles. The summed E-state index contributed by atoms with van der Waals surface area (Å²) in [4.78, 5) is 0. The molecule has 1 aliphatic rings. The highest BCUT2D eigenvalue weighted by atomic mass is 79.9. The first-order valence-electron chi connectivity index (χ1n) is 8.02. The number of fused-ring (bicyclic) bond motifs is 1. The van der Waals surface area contributed by atoms with E-state index in [9.17, 15) is 0 Å². The minimum atomic E-state index is 0.470. The lowest BCUT2D eigenvalue weighted by molar-refractivity contribution is 0.303. The molecular weight excluding hydrogens is 370 g/mol. The molecule has 0 radical (unpaired) electrons. The van der Waals surface area contributed by atoms with Crippen LogP contribution in [-0.2, 0) is 13.2 Å². The van der Waals surface area contributed by atoms with E-state index in [1.54, 1.807) is 7.11 Å². The summed E-state index contributed by atoms with van der Waals surface area (Å²) in [7, 11) is 1.66. The number of rotatable bonds is 6. The van der Waals surface area contributed by atoms with Gasteiger partial charge in [0.05, 0.1) is 17.1 Å². The van der Waals surface area contributed by atoms with E-state index in [1.807, 2.05) is 41.1 Å². The third-order valence-corrected chi connectivity index (χ3v) is 5.01. The van der Waals surface area contributed by atoms with E-state index < -0.39 is 0 Å². The molecule has 5 nitrogen and oxygen atoms in total. The van der Waals surface area contributed by atoms with Gasteiger partial charge < -0.3 is 9.47 Å². The first-order valence-corrected chi connectivity index (χ1v) is 8.81. The normalized spacial score (nSPS) is 14.1. The summed E-state index contributed by atoms with van der Waals surface area (Å²) < 4.78 is 14.0. The van der Waals surface area contributed by atoms with Crippen molar-refractivity contribution in [3.05, 3.63) is 46.4 Å². The van der Waals surface area contributed by atoms with Gasteiger partial charge in [0.1, 0.15) is 23.6 Å². The molecule has 0 amide bonds. The van der Waals surface area contributed by atoms with Crippen molar-refractivity contribution in [1.29, 1.82) is 0 Å². The Balaban J connectivity index is 1.54. The topological polar surface area (TPSA) is 49.2 Å². The summed E-state index contributed by atoms with van der Waals surface area (Å²) in [5.74, 6) is 2.36. The molecule has 6 heteroatoms. The molecule has 1 aliphatic carbocycles. The molecule has 0 N–H and O–H groups in total. The van der Waals surface area contributed by atoms with Crippen LogP contribution in [0.3, 0.4) is 0 Å². The Kier molecular flexibility index (Phi) is 4.14. The van der Waals surface area contributed by atoms with E-state index in [4.69, 9.17) is 9.47 Å². The zero-order valence-corrected chi connectivity index (χ0v) is 15.0. The average Bonchev–Trinajstić information content (AvgIpc) is 3.33. The van der Waals surface area contributed by atoms with Crippen LogP contribution in [0.2, 0.25) is 0 Å². The Morgan fingerprint density at radius 2 is 2.12 bits per heavy atom. The standard InChI is InChI=1S/C18H18BrN3O2/c1-23-14-4-2-3-13(9-14)11-24-16-8-7-15-18(17(16)19)20-21-22(15)10-12-5-6-12/h2-4,7-9,12H,5-6,10-11H2,1H3. The Hall–Kier alpha value is -2.08. The van der Waals surface area contributed by atoms with Gasteiger partial charge in [-0.1, -0.05) is 17.3 Å². The third kappa shape index (κ3) is 3.11. The SMILES string of the molecule is COc1cccc(COc2ccc3c(nnn3CC3CC3)c2Br)c1. The number of ether oxygens (including phenoxy) is 2. The second-order valence-electron chi connectivity index (χ2n) is 6.10. The third-order valence-electron chi connectivity index (χ3n) is 4.25. The van der Waals surface area contributed by atoms with Gasteiger partial charge in [-0.2, -0.15) is 0 Å². The van der Waals surface area contributed by atoms with Gasteiger partial charge in [-0.25, -0.2) is 4.68 Å². The molecule has 3 aromatic rings. The predicted molar refractivity (Wildman–Crippen MR) is 95.3 cm³/mol. The first-order chi connectivity index (χ1) is 11.7. The van der Waals surface area contributed by atoms with Gasteiger partial charge in [0, 0.05) is 6.54 Å². The number of hydrogen-bond donors (Lipinski definition) is 0. The van der Waals surface area contributed by atoms with Crippen LogP contribution in [0.5, 0.6) is 11.5 Å². The average molecular weight is 388 g/mol. The van der Waals surface area contributed by atoms with Crippen molar-refractivity contribution in [2.75, 3.05) is 7.11 Å². The highest BCUT2D eigenvalue weighted by molar-refractivity contribution is 9.10. The summed E-state index contributed by atoms with van der Waals surface area (Å²) in [6, 6.07) is 11.9. The highest BCUT2D eigenvalue weighted by Crippen LogP contribution is 2.35.